The summed E-state index contributed by atoms with van der Waals surface area (Å²) in [5.74, 6) is 4.09. The Kier molecular flexibility index (Phi) is 5.63. The number of aromatic nitrogens is 3. The summed E-state index contributed by atoms with van der Waals surface area (Å²) in [4.78, 5) is 15.3. The van der Waals surface area contributed by atoms with E-state index < -0.39 is 0 Å². The minimum absolute atomic E-state index is 0.475. The lowest BCUT2D eigenvalue weighted by Gasteiger charge is -2.32. The minimum atomic E-state index is 0.475. The van der Waals surface area contributed by atoms with Crippen molar-refractivity contribution >= 4 is 23.4 Å². The van der Waals surface area contributed by atoms with E-state index in [2.05, 4.69) is 31.2 Å². The molecule has 1 saturated heterocycles. The Bertz CT molecular complexity index is 854. The number of nitrogens with one attached hydrogen (secondary N) is 1. The number of nitrogens with zero attached hydrogens (tertiary/aromatic N) is 5. The van der Waals surface area contributed by atoms with Gasteiger partial charge < -0.3 is 10.2 Å². The largest absolute Gasteiger partial charge is 0.370 e. The molecule has 2 aromatic rings. The van der Waals surface area contributed by atoms with Gasteiger partial charge in [-0.15, -0.1) is 0 Å². The number of hydrogen-bond acceptors (Lipinski definition) is 6. The molecule has 6 nitrogen and oxygen atoms in total. The second-order valence-corrected chi connectivity index (χ2v) is 8.36. The van der Waals surface area contributed by atoms with Crippen molar-refractivity contribution in [3.05, 3.63) is 40.8 Å². The Hall–Kier alpha value is -2.39. The van der Waals surface area contributed by atoms with Gasteiger partial charge in [-0.3, -0.25) is 0 Å². The molecule has 2 aliphatic rings. The molecule has 2 aromatic heterocycles. The van der Waals surface area contributed by atoms with Gasteiger partial charge >= 0.3 is 0 Å². The summed E-state index contributed by atoms with van der Waals surface area (Å²) < 4.78 is 0. The number of pyridine rings is 1. The number of aryl methyl sites for hydroxylation is 1. The van der Waals surface area contributed by atoms with Gasteiger partial charge in [-0.05, 0) is 68.1 Å². The fraction of sp³-hybridized carbons (Fsp3) is 0.524. The Labute approximate surface area is 171 Å². The molecule has 0 aromatic carbocycles. The van der Waals surface area contributed by atoms with Crippen molar-refractivity contribution in [1.29, 1.82) is 5.26 Å². The van der Waals surface area contributed by atoms with Gasteiger partial charge in [0.25, 0.3) is 0 Å². The van der Waals surface area contributed by atoms with E-state index in [-0.39, 0.29) is 0 Å². The smallest absolute Gasteiger partial charge is 0.225 e. The highest BCUT2D eigenvalue weighted by Gasteiger charge is 2.43. The minimum Gasteiger partial charge on any atom is -0.370 e. The maximum atomic E-state index is 9.04. The third-order valence-electron chi connectivity index (χ3n) is 5.92. The summed E-state index contributed by atoms with van der Waals surface area (Å²) in [6.45, 7) is 4.96. The Morgan fingerprint density at radius 2 is 2.00 bits per heavy atom. The predicted molar refractivity (Wildman–Crippen MR) is 110 cm³/mol. The van der Waals surface area contributed by atoms with Gasteiger partial charge in [0.1, 0.15) is 17.6 Å². The first kappa shape index (κ1) is 18.9. The van der Waals surface area contributed by atoms with Gasteiger partial charge in [0.05, 0.1) is 17.4 Å². The average molecular weight is 397 g/mol. The van der Waals surface area contributed by atoms with E-state index in [1.807, 2.05) is 19.1 Å². The first-order chi connectivity index (χ1) is 13.6. The molecule has 0 radical (unpaired) electrons. The average Bonchev–Trinajstić information content (AvgIpc) is 3.48. The fourth-order valence-electron chi connectivity index (χ4n) is 4.38. The highest BCUT2D eigenvalue weighted by Crippen LogP contribution is 2.49. The zero-order chi connectivity index (χ0) is 19.5. The molecule has 1 saturated carbocycles. The van der Waals surface area contributed by atoms with Crippen LogP contribution in [0.4, 0.5) is 11.8 Å². The van der Waals surface area contributed by atoms with Crippen molar-refractivity contribution in [2.24, 2.45) is 17.8 Å². The molecule has 1 unspecified atom stereocenters. The van der Waals surface area contributed by atoms with E-state index in [4.69, 9.17) is 16.9 Å². The predicted octanol–water partition coefficient (Wildman–Crippen LogP) is 4.06. The van der Waals surface area contributed by atoms with Gasteiger partial charge in [-0.1, -0.05) is 11.6 Å². The molecule has 146 valence electrons. The van der Waals surface area contributed by atoms with Crippen LogP contribution in [0.2, 0.25) is 5.02 Å². The summed E-state index contributed by atoms with van der Waals surface area (Å²) in [6.07, 6.45) is 8.28. The quantitative estimate of drug-likeness (QED) is 0.793. The lowest BCUT2D eigenvalue weighted by Crippen LogP contribution is -2.35. The third kappa shape index (κ3) is 4.53. The standard InChI is InChI=1S/C21H25ClN6/c1-14-8-18(11-23)27-20(9-14)24-5-2-16-10-19(16)15-3-6-28(7-4-15)21-25-12-17(22)13-26-21/h8-9,12-13,15-16,19H,2-7,10H2,1H3,(H,24,27)/t16-,19?/m1/s1. The summed E-state index contributed by atoms with van der Waals surface area (Å²) >= 11 is 5.88. The van der Waals surface area contributed by atoms with Gasteiger partial charge in [-0.2, -0.15) is 5.26 Å². The first-order valence-electron chi connectivity index (χ1n) is 9.97. The summed E-state index contributed by atoms with van der Waals surface area (Å²) in [6, 6.07) is 5.93. The van der Waals surface area contributed by atoms with Crippen LogP contribution in [0.5, 0.6) is 0 Å². The van der Waals surface area contributed by atoms with E-state index in [0.29, 0.717) is 10.7 Å². The van der Waals surface area contributed by atoms with Crippen LogP contribution in [0.25, 0.3) is 0 Å². The molecule has 28 heavy (non-hydrogen) atoms. The van der Waals surface area contributed by atoms with Crippen LogP contribution in [0.15, 0.2) is 24.5 Å². The zero-order valence-electron chi connectivity index (χ0n) is 16.1. The van der Waals surface area contributed by atoms with Crippen molar-refractivity contribution in [3.63, 3.8) is 0 Å². The maximum absolute atomic E-state index is 9.04. The van der Waals surface area contributed by atoms with Crippen LogP contribution in [-0.4, -0.2) is 34.6 Å². The summed E-state index contributed by atoms with van der Waals surface area (Å²) in [5, 5.41) is 13.0. The number of rotatable bonds is 6. The highest BCUT2D eigenvalue weighted by atomic mass is 35.5. The van der Waals surface area contributed by atoms with Crippen LogP contribution >= 0.6 is 11.6 Å². The third-order valence-corrected chi connectivity index (χ3v) is 6.11. The molecule has 4 rings (SSSR count). The van der Waals surface area contributed by atoms with Crippen molar-refractivity contribution in [2.45, 2.75) is 32.6 Å². The number of hydrogen-bond donors (Lipinski definition) is 1. The zero-order valence-corrected chi connectivity index (χ0v) is 16.9. The molecule has 1 aliphatic carbocycles. The molecule has 1 N–H and O–H groups in total. The molecular formula is C21H25ClN6. The first-order valence-corrected chi connectivity index (χ1v) is 10.4. The SMILES string of the molecule is Cc1cc(C#N)nc(NCC[C@@H]2CC2C2CCN(c3ncc(Cl)cn3)CC2)c1. The van der Waals surface area contributed by atoms with Crippen molar-refractivity contribution in [1.82, 2.24) is 15.0 Å². The molecule has 0 amide bonds. The lowest BCUT2D eigenvalue weighted by atomic mass is 9.90. The summed E-state index contributed by atoms with van der Waals surface area (Å²) in [7, 11) is 0. The monoisotopic (exact) mass is 396 g/mol. The maximum Gasteiger partial charge on any atom is 0.225 e. The number of nitriles is 1. The van der Waals surface area contributed by atoms with Crippen LogP contribution in [0, 0.1) is 36.0 Å². The Morgan fingerprint density at radius 1 is 1.25 bits per heavy atom. The van der Waals surface area contributed by atoms with Crippen LogP contribution in [-0.2, 0) is 0 Å². The van der Waals surface area contributed by atoms with Crippen molar-refractivity contribution < 1.29 is 0 Å². The van der Waals surface area contributed by atoms with Gasteiger partial charge in [0.15, 0.2) is 0 Å². The topological polar surface area (TPSA) is 77.7 Å². The molecule has 1 aliphatic heterocycles. The van der Waals surface area contributed by atoms with E-state index in [1.54, 1.807) is 12.4 Å². The number of piperidine rings is 1. The van der Waals surface area contributed by atoms with Crippen molar-refractivity contribution in [2.75, 3.05) is 29.9 Å². The second-order valence-electron chi connectivity index (χ2n) is 7.93. The number of anilines is 2. The Balaban J connectivity index is 1.20. The second kappa shape index (κ2) is 8.32. The Morgan fingerprint density at radius 3 is 2.71 bits per heavy atom. The van der Waals surface area contributed by atoms with Gasteiger partial charge in [0, 0.05) is 19.6 Å². The van der Waals surface area contributed by atoms with Gasteiger partial charge in [0.2, 0.25) is 5.95 Å². The van der Waals surface area contributed by atoms with Crippen LogP contribution in [0.3, 0.4) is 0 Å². The van der Waals surface area contributed by atoms with E-state index >= 15 is 0 Å². The van der Waals surface area contributed by atoms with Crippen molar-refractivity contribution in [3.8, 4) is 6.07 Å². The molecule has 7 heteroatoms. The fourth-order valence-corrected chi connectivity index (χ4v) is 4.48. The van der Waals surface area contributed by atoms with Gasteiger partial charge in [-0.25, -0.2) is 15.0 Å². The molecule has 0 spiro atoms. The van der Waals surface area contributed by atoms with Crippen LogP contribution in [0.1, 0.15) is 36.9 Å². The molecule has 0 bridgehead atoms. The molecule has 2 fully saturated rings. The molecule has 2 atom stereocenters. The van der Waals surface area contributed by atoms with Crippen LogP contribution < -0.4 is 10.2 Å². The molecular weight excluding hydrogens is 372 g/mol. The summed E-state index contributed by atoms with van der Waals surface area (Å²) in [5.41, 5.74) is 1.54. The number of halogens is 1. The lowest BCUT2D eigenvalue weighted by molar-refractivity contribution is 0.343. The highest BCUT2D eigenvalue weighted by molar-refractivity contribution is 6.30. The van der Waals surface area contributed by atoms with E-state index in [9.17, 15) is 0 Å². The van der Waals surface area contributed by atoms with E-state index in [0.717, 1.165) is 54.7 Å². The molecule has 3 heterocycles. The van der Waals surface area contributed by atoms with E-state index in [1.165, 1.54) is 25.7 Å². The normalized spacial score (nSPS) is 22.0.